The zero-order valence-corrected chi connectivity index (χ0v) is 14.6. The lowest BCUT2D eigenvalue weighted by Crippen LogP contribution is -2.39. The van der Waals surface area contributed by atoms with Crippen molar-refractivity contribution in [2.75, 3.05) is 0 Å². The fraction of sp³-hybridized carbons (Fsp3) is 0.556. The second kappa shape index (κ2) is 5.31. The van der Waals surface area contributed by atoms with Crippen LogP contribution in [0.5, 0.6) is 5.75 Å². The summed E-state index contributed by atoms with van der Waals surface area (Å²) in [6.45, 7) is 2.23. The zero-order valence-electron chi connectivity index (χ0n) is 13.7. The van der Waals surface area contributed by atoms with Crippen molar-refractivity contribution in [3.63, 3.8) is 0 Å². The van der Waals surface area contributed by atoms with Crippen LogP contribution in [-0.4, -0.2) is 19.6 Å². The molecule has 3 aliphatic carbocycles. The molecule has 0 bridgehead atoms. The fourth-order valence-corrected chi connectivity index (χ4v) is 5.47. The van der Waals surface area contributed by atoms with E-state index in [9.17, 15) is 13.5 Å². The Kier molecular flexibility index (Phi) is 3.57. The Morgan fingerprint density at radius 3 is 2.83 bits per heavy atom. The molecule has 3 aliphatic rings. The minimum Gasteiger partial charge on any atom is -0.393 e. The van der Waals surface area contributed by atoms with Gasteiger partial charge in [0.25, 0.3) is 0 Å². The molecule has 0 radical (unpaired) electrons. The minimum absolute atomic E-state index is 0.0104. The average Bonchev–Trinajstić information content (AvgIpc) is 2.81. The third-order valence-corrected chi connectivity index (χ3v) is 6.75. The number of hydrogen-bond donors (Lipinski definition) is 2. The van der Waals surface area contributed by atoms with Crippen LogP contribution >= 0.6 is 0 Å². The lowest BCUT2D eigenvalue weighted by atomic mass is 9.59. The smallest absolute Gasteiger partial charge is 0.380 e. The molecule has 0 amide bonds. The molecule has 5 nitrogen and oxygen atoms in total. The van der Waals surface area contributed by atoms with E-state index in [2.05, 4.69) is 13.0 Å². The quantitative estimate of drug-likeness (QED) is 0.802. The second-order valence-corrected chi connectivity index (χ2v) is 8.74. The standard InChI is InChI=1S/C18H23NO4S/c1-18-9-8-14-13-5-3-12(23-24(19,21)22)10-11(13)2-4-15(14)16(18)6-7-17(18)20/h3-5,10,14,16-17,20H,2,6-9H2,1H3,(H2,19,21,22)/t14?,16?,17-,18-/m0/s1. The number of fused-ring (bicyclic) bond motifs is 5. The summed E-state index contributed by atoms with van der Waals surface area (Å²) in [6.07, 6.45) is 6.85. The van der Waals surface area contributed by atoms with Gasteiger partial charge in [-0.05, 0) is 61.3 Å². The van der Waals surface area contributed by atoms with Gasteiger partial charge in [0.05, 0.1) is 6.10 Å². The molecule has 2 fully saturated rings. The Bertz CT molecular complexity index is 816. The fourth-order valence-electron chi connectivity index (χ4n) is 5.10. The first-order valence-electron chi connectivity index (χ1n) is 8.51. The van der Waals surface area contributed by atoms with Crippen LogP contribution in [0.2, 0.25) is 0 Å². The summed E-state index contributed by atoms with van der Waals surface area (Å²) in [5.74, 6) is 1.10. The number of aliphatic hydroxyl groups is 1. The van der Waals surface area contributed by atoms with Gasteiger partial charge in [-0.25, -0.2) is 0 Å². The summed E-state index contributed by atoms with van der Waals surface area (Å²) in [6, 6.07) is 5.44. The van der Waals surface area contributed by atoms with Gasteiger partial charge in [0, 0.05) is 11.3 Å². The molecule has 2 saturated carbocycles. The third-order valence-electron chi connectivity index (χ3n) is 6.32. The van der Waals surface area contributed by atoms with Gasteiger partial charge in [0.15, 0.2) is 0 Å². The van der Waals surface area contributed by atoms with E-state index in [1.807, 2.05) is 6.07 Å². The first-order chi connectivity index (χ1) is 11.3. The largest absolute Gasteiger partial charge is 0.393 e. The van der Waals surface area contributed by atoms with E-state index in [-0.39, 0.29) is 17.3 Å². The average molecular weight is 349 g/mol. The van der Waals surface area contributed by atoms with Crippen LogP contribution in [0.3, 0.4) is 0 Å². The first-order valence-corrected chi connectivity index (χ1v) is 9.98. The molecule has 4 atom stereocenters. The van der Waals surface area contributed by atoms with Crippen molar-refractivity contribution in [1.82, 2.24) is 0 Å². The molecular formula is C18H23NO4S. The number of hydrogen-bond acceptors (Lipinski definition) is 4. The molecule has 0 aliphatic heterocycles. The van der Waals surface area contributed by atoms with E-state index in [1.54, 1.807) is 12.1 Å². The maximum Gasteiger partial charge on any atom is 0.380 e. The van der Waals surface area contributed by atoms with Crippen LogP contribution in [0, 0.1) is 11.3 Å². The van der Waals surface area contributed by atoms with Gasteiger partial charge in [-0.2, -0.15) is 13.6 Å². The lowest BCUT2D eigenvalue weighted by molar-refractivity contribution is 0.0267. The predicted octanol–water partition coefficient (Wildman–Crippen LogP) is 2.41. The molecule has 24 heavy (non-hydrogen) atoms. The molecule has 0 heterocycles. The van der Waals surface area contributed by atoms with Crippen molar-refractivity contribution in [1.29, 1.82) is 0 Å². The monoisotopic (exact) mass is 349 g/mol. The molecule has 2 unspecified atom stereocenters. The molecule has 1 aromatic carbocycles. The summed E-state index contributed by atoms with van der Waals surface area (Å²) in [5.41, 5.74) is 3.84. The number of allylic oxidation sites excluding steroid dienone is 2. The Morgan fingerprint density at radius 2 is 2.08 bits per heavy atom. The van der Waals surface area contributed by atoms with Crippen LogP contribution in [0.15, 0.2) is 29.8 Å². The van der Waals surface area contributed by atoms with E-state index >= 15 is 0 Å². The van der Waals surface area contributed by atoms with Gasteiger partial charge in [-0.15, -0.1) is 0 Å². The van der Waals surface area contributed by atoms with Gasteiger partial charge in [0.2, 0.25) is 0 Å². The number of rotatable bonds is 2. The van der Waals surface area contributed by atoms with E-state index in [4.69, 9.17) is 9.32 Å². The highest BCUT2D eigenvalue weighted by Crippen LogP contribution is 2.59. The summed E-state index contributed by atoms with van der Waals surface area (Å²) in [4.78, 5) is 0. The maximum absolute atomic E-state index is 11.1. The summed E-state index contributed by atoms with van der Waals surface area (Å²) in [5, 5.41) is 15.4. The van der Waals surface area contributed by atoms with Gasteiger partial charge in [-0.1, -0.05) is 24.6 Å². The van der Waals surface area contributed by atoms with Crippen molar-refractivity contribution in [3.05, 3.63) is 41.0 Å². The molecule has 0 aromatic heterocycles. The van der Waals surface area contributed by atoms with Crippen LogP contribution in [0.25, 0.3) is 0 Å². The summed E-state index contributed by atoms with van der Waals surface area (Å²) in [7, 11) is -4.00. The van der Waals surface area contributed by atoms with Crippen molar-refractivity contribution in [3.8, 4) is 5.75 Å². The van der Waals surface area contributed by atoms with E-state index < -0.39 is 10.3 Å². The highest BCUT2D eigenvalue weighted by atomic mass is 32.2. The molecule has 6 heteroatoms. The van der Waals surface area contributed by atoms with Gasteiger partial charge >= 0.3 is 10.3 Å². The van der Waals surface area contributed by atoms with Gasteiger partial charge in [0.1, 0.15) is 5.75 Å². The highest BCUT2D eigenvalue weighted by molar-refractivity contribution is 7.84. The Labute approximate surface area is 142 Å². The van der Waals surface area contributed by atoms with Gasteiger partial charge < -0.3 is 9.29 Å². The predicted molar refractivity (Wildman–Crippen MR) is 90.8 cm³/mol. The highest BCUT2D eigenvalue weighted by Gasteiger charge is 2.51. The Morgan fingerprint density at radius 1 is 1.29 bits per heavy atom. The minimum atomic E-state index is -4.00. The van der Waals surface area contributed by atoms with Crippen LogP contribution in [0.4, 0.5) is 0 Å². The Hall–Kier alpha value is -1.37. The topological polar surface area (TPSA) is 89.6 Å². The normalized spacial score (nSPS) is 34.8. The van der Waals surface area contributed by atoms with Crippen LogP contribution in [-0.2, 0) is 16.7 Å². The molecule has 0 saturated heterocycles. The molecule has 130 valence electrons. The SMILES string of the molecule is C[C@]12CCC3C(=CCc4cc(OS(N)(=O)=O)ccc43)C1CC[C@@H]2O. The molecule has 4 rings (SSSR count). The van der Waals surface area contributed by atoms with Gasteiger partial charge in [-0.3, -0.25) is 0 Å². The number of aliphatic hydroxyl groups excluding tert-OH is 1. The van der Waals surface area contributed by atoms with Crippen LogP contribution in [0.1, 0.15) is 49.7 Å². The number of benzene rings is 1. The molecule has 1 aromatic rings. The number of nitrogens with two attached hydrogens (primary N) is 1. The molecule has 0 spiro atoms. The molecule has 3 N–H and O–H groups in total. The van der Waals surface area contributed by atoms with E-state index in [0.717, 1.165) is 37.7 Å². The van der Waals surface area contributed by atoms with E-state index in [0.29, 0.717) is 11.8 Å². The van der Waals surface area contributed by atoms with Crippen molar-refractivity contribution < 1.29 is 17.7 Å². The summed E-state index contributed by atoms with van der Waals surface area (Å²) >= 11 is 0. The van der Waals surface area contributed by atoms with Crippen molar-refractivity contribution in [2.45, 2.75) is 51.0 Å². The third kappa shape index (κ3) is 2.48. The maximum atomic E-state index is 11.1. The Balaban J connectivity index is 1.67. The summed E-state index contributed by atoms with van der Waals surface area (Å²) < 4.78 is 27.0. The molecular weight excluding hydrogens is 326 g/mol. The first kappa shape index (κ1) is 16.1. The van der Waals surface area contributed by atoms with Crippen molar-refractivity contribution in [2.24, 2.45) is 16.5 Å². The van der Waals surface area contributed by atoms with Crippen LogP contribution < -0.4 is 9.32 Å². The second-order valence-electron chi connectivity index (χ2n) is 7.59. The lowest BCUT2D eigenvalue weighted by Gasteiger charge is -2.46. The van der Waals surface area contributed by atoms with E-state index in [1.165, 1.54) is 11.1 Å². The zero-order chi connectivity index (χ0) is 17.1. The van der Waals surface area contributed by atoms with Crippen molar-refractivity contribution >= 4 is 10.3 Å².